The van der Waals surface area contributed by atoms with Gasteiger partial charge in [-0.1, -0.05) is 24.2 Å². The summed E-state index contributed by atoms with van der Waals surface area (Å²) in [6.45, 7) is 2.48. The average Bonchev–Trinajstić information content (AvgIpc) is 2.38. The normalized spacial score (nSPS) is 13.1. The molecule has 0 bridgehead atoms. The Kier molecular flexibility index (Phi) is 5.81. The van der Waals surface area contributed by atoms with Crippen LogP contribution in [0.1, 0.15) is 18.9 Å². The zero-order valence-corrected chi connectivity index (χ0v) is 11.1. The van der Waals surface area contributed by atoms with Crippen molar-refractivity contribution in [1.29, 1.82) is 0 Å². The molecule has 6 heteroatoms. The van der Waals surface area contributed by atoms with Crippen LogP contribution in [0.4, 0.5) is 5.69 Å². The second kappa shape index (κ2) is 7.38. The summed E-state index contributed by atoms with van der Waals surface area (Å²) in [5.41, 5.74) is 6.64. The lowest BCUT2D eigenvalue weighted by molar-refractivity contribution is -0.117. The molecule has 0 aromatic heterocycles. The zero-order valence-electron chi connectivity index (χ0n) is 11.1. The van der Waals surface area contributed by atoms with Gasteiger partial charge in [-0.25, -0.2) is 0 Å². The second-order valence-corrected chi connectivity index (χ2v) is 4.38. The fraction of sp³-hybridized carbons (Fsp3) is 0.385. The van der Waals surface area contributed by atoms with Crippen molar-refractivity contribution in [2.75, 3.05) is 19.0 Å². The van der Waals surface area contributed by atoms with Crippen LogP contribution in [0.3, 0.4) is 0 Å². The molecular weight excluding hydrogens is 246 g/mol. The molecule has 0 aliphatic heterocycles. The molecule has 0 fully saturated rings. The summed E-state index contributed by atoms with van der Waals surface area (Å²) >= 11 is 0. The standard InChI is InChI=1S/C13H19N3O3/c1-9(8-19-2)6-12(17)15-11-5-3-4-10(7-11)13(14)16-18/h3-5,7,9,18H,6,8H2,1-2H3,(H2,14,16)(H,15,17). The number of hydrogen-bond acceptors (Lipinski definition) is 4. The van der Waals surface area contributed by atoms with Crippen molar-refractivity contribution in [3.8, 4) is 0 Å². The predicted octanol–water partition coefficient (Wildman–Crippen LogP) is 1.39. The maximum Gasteiger partial charge on any atom is 0.224 e. The third-order valence-electron chi connectivity index (χ3n) is 2.53. The number of anilines is 1. The average molecular weight is 265 g/mol. The van der Waals surface area contributed by atoms with Crippen molar-refractivity contribution >= 4 is 17.4 Å². The minimum absolute atomic E-state index is 0.00356. The lowest BCUT2D eigenvalue weighted by Gasteiger charge is -2.11. The number of rotatable bonds is 6. The fourth-order valence-corrected chi connectivity index (χ4v) is 1.69. The van der Waals surface area contributed by atoms with Gasteiger partial charge in [0.2, 0.25) is 5.91 Å². The molecule has 1 rings (SSSR count). The van der Waals surface area contributed by atoms with Gasteiger partial charge in [-0.05, 0) is 18.1 Å². The molecule has 0 aliphatic rings. The first kappa shape index (κ1) is 15.0. The highest BCUT2D eigenvalue weighted by Gasteiger charge is 2.09. The van der Waals surface area contributed by atoms with E-state index in [1.807, 2.05) is 6.92 Å². The number of amidine groups is 1. The van der Waals surface area contributed by atoms with Crippen LogP contribution in [0, 0.1) is 5.92 Å². The molecule has 0 aliphatic carbocycles. The third kappa shape index (κ3) is 4.97. The van der Waals surface area contributed by atoms with Crippen LogP contribution in [-0.2, 0) is 9.53 Å². The van der Waals surface area contributed by atoms with Gasteiger partial charge in [0.1, 0.15) is 0 Å². The molecule has 4 N–H and O–H groups in total. The smallest absolute Gasteiger partial charge is 0.224 e. The van der Waals surface area contributed by atoms with Gasteiger partial charge in [-0.3, -0.25) is 4.79 Å². The molecule has 19 heavy (non-hydrogen) atoms. The maximum absolute atomic E-state index is 11.8. The summed E-state index contributed by atoms with van der Waals surface area (Å²) < 4.78 is 4.98. The summed E-state index contributed by atoms with van der Waals surface area (Å²) in [4.78, 5) is 11.8. The number of hydrogen-bond donors (Lipinski definition) is 3. The number of methoxy groups -OCH3 is 1. The molecular formula is C13H19N3O3. The van der Waals surface area contributed by atoms with E-state index in [0.717, 1.165) is 0 Å². The SMILES string of the molecule is COCC(C)CC(=O)Nc1cccc(C(N)=NO)c1. The van der Waals surface area contributed by atoms with E-state index in [2.05, 4.69) is 10.5 Å². The van der Waals surface area contributed by atoms with Crippen molar-refractivity contribution in [2.45, 2.75) is 13.3 Å². The van der Waals surface area contributed by atoms with E-state index in [1.165, 1.54) is 0 Å². The lowest BCUT2D eigenvalue weighted by atomic mass is 10.1. The molecule has 0 spiro atoms. The zero-order chi connectivity index (χ0) is 14.3. The minimum atomic E-state index is -0.0961. The van der Waals surface area contributed by atoms with E-state index in [1.54, 1.807) is 31.4 Å². The van der Waals surface area contributed by atoms with Gasteiger partial charge in [0.15, 0.2) is 5.84 Å². The highest BCUT2D eigenvalue weighted by Crippen LogP contribution is 2.12. The number of benzene rings is 1. The van der Waals surface area contributed by atoms with Gasteiger partial charge in [0.05, 0.1) is 0 Å². The summed E-state index contributed by atoms with van der Waals surface area (Å²) in [7, 11) is 1.61. The highest BCUT2D eigenvalue weighted by atomic mass is 16.5. The predicted molar refractivity (Wildman–Crippen MR) is 73.2 cm³/mol. The number of oxime groups is 1. The topological polar surface area (TPSA) is 96.9 Å². The Hall–Kier alpha value is -2.08. The number of nitrogens with zero attached hydrogens (tertiary/aromatic N) is 1. The van der Waals surface area contributed by atoms with Crippen molar-refractivity contribution in [3.63, 3.8) is 0 Å². The summed E-state index contributed by atoms with van der Waals surface area (Å²) in [5, 5.41) is 14.3. The van der Waals surface area contributed by atoms with Gasteiger partial charge < -0.3 is 21.0 Å². The van der Waals surface area contributed by atoms with Gasteiger partial charge in [-0.15, -0.1) is 0 Å². The molecule has 1 unspecified atom stereocenters. The summed E-state index contributed by atoms with van der Waals surface area (Å²) in [6, 6.07) is 6.81. The van der Waals surface area contributed by atoms with Gasteiger partial charge >= 0.3 is 0 Å². The van der Waals surface area contributed by atoms with Gasteiger partial charge in [0, 0.05) is 31.4 Å². The molecule has 1 aromatic carbocycles. The first-order valence-corrected chi connectivity index (χ1v) is 5.93. The van der Waals surface area contributed by atoms with Crippen molar-refractivity contribution < 1.29 is 14.7 Å². The maximum atomic E-state index is 11.8. The molecule has 0 saturated heterocycles. The Morgan fingerprint density at radius 1 is 1.58 bits per heavy atom. The number of nitrogens with two attached hydrogens (primary N) is 1. The minimum Gasteiger partial charge on any atom is -0.409 e. The molecule has 0 saturated carbocycles. The van der Waals surface area contributed by atoms with Crippen molar-refractivity contribution in [3.05, 3.63) is 29.8 Å². The lowest BCUT2D eigenvalue weighted by Crippen LogP contribution is -2.18. The molecule has 104 valence electrons. The van der Waals surface area contributed by atoms with Crippen LogP contribution in [-0.4, -0.2) is 30.7 Å². The second-order valence-electron chi connectivity index (χ2n) is 4.38. The Morgan fingerprint density at radius 3 is 2.95 bits per heavy atom. The number of ether oxygens (including phenoxy) is 1. The molecule has 1 aromatic rings. The molecule has 1 atom stereocenters. The fourth-order valence-electron chi connectivity index (χ4n) is 1.69. The van der Waals surface area contributed by atoms with Crippen molar-refractivity contribution in [2.24, 2.45) is 16.8 Å². The Bertz CT molecular complexity index is 460. The highest BCUT2D eigenvalue weighted by molar-refractivity contribution is 5.99. The Labute approximate surface area is 112 Å². The van der Waals surface area contributed by atoms with Crippen LogP contribution in [0.15, 0.2) is 29.4 Å². The first-order chi connectivity index (χ1) is 9.06. The van der Waals surface area contributed by atoms with Crippen molar-refractivity contribution in [1.82, 2.24) is 0 Å². The summed E-state index contributed by atoms with van der Waals surface area (Å²) in [6.07, 6.45) is 0.377. The third-order valence-corrected chi connectivity index (χ3v) is 2.53. The van der Waals surface area contributed by atoms with E-state index >= 15 is 0 Å². The first-order valence-electron chi connectivity index (χ1n) is 5.93. The van der Waals surface area contributed by atoms with Crippen LogP contribution < -0.4 is 11.1 Å². The largest absolute Gasteiger partial charge is 0.409 e. The molecule has 0 heterocycles. The van der Waals surface area contributed by atoms with Gasteiger partial charge in [-0.2, -0.15) is 0 Å². The molecule has 0 radical (unpaired) electrons. The van der Waals surface area contributed by atoms with Crippen LogP contribution >= 0.6 is 0 Å². The number of nitrogens with one attached hydrogen (secondary N) is 1. The Morgan fingerprint density at radius 2 is 2.32 bits per heavy atom. The van der Waals surface area contributed by atoms with E-state index < -0.39 is 0 Å². The number of carbonyl (C=O) groups excluding carboxylic acids is 1. The monoisotopic (exact) mass is 265 g/mol. The number of carbonyl (C=O) groups is 1. The van der Waals surface area contributed by atoms with E-state index in [-0.39, 0.29) is 17.7 Å². The van der Waals surface area contributed by atoms with Crippen LogP contribution in [0.25, 0.3) is 0 Å². The Balaban J connectivity index is 2.64. The molecule has 6 nitrogen and oxygen atoms in total. The van der Waals surface area contributed by atoms with Crippen LogP contribution in [0.5, 0.6) is 0 Å². The number of amides is 1. The van der Waals surface area contributed by atoms with E-state index in [4.69, 9.17) is 15.7 Å². The van der Waals surface area contributed by atoms with E-state index in [0.29, 0.717) is 24.3 Å². The summed E-state index contributed by atoms with van der Waals surface area (Å²) in [5.74, 6) is 0.0577. The molecule has 1 amide bonds. The van der Waals surface area contributed by atoms with Gasteiger partial charge in [0.25, 0.3) is 0 Å². The quantitative estimate of drug-likeness (QED) is 0.313. The van der Waals surface area contributed by atoms with Crippen LogP contribution in [0.2, 0.25) is 0 Å². The van der Waals surface area contributed by atoms with E-state index in [9.17, 15) is 4.79 Å².